The van der Waals surface area contributed by atoms with Gasteiger partial charge in [-0.1, -0.05) is 30.3 Å². The van der Waals surface area contributed by atoms with Gasteiger partial charge in [-0.25, -0.2) is 0 Å². The summed E-state index contributed by atoms with van der Waals surface area (Å²) in [5.41, 5.74) is 2.34. The van der Waals surface area contributed by atoms with E-state index in [0.29, 0.717) is 29.4 Å². The smallest absolute Gasteiger partial charge is 0.266 e. The summed E-state index contributed by atoms with van der Waals surface area (Å²) in [5.74, 6) is 0.678. The first-order valence-corrected chi connectivity index (χ1v) is 11.4. The molecular weight excluding hydrogens is 618 g/mol. The van der Waals surface area contributed by atoms with Crippen LogP contribution in [0.4, 0.5) is 5.69 Å². The number of nitriles is 1. The average molecular weight is 636 g/mol. The van der Waals surface area contributed by atoms with Crippen molar-refractivity contribution in [2.75, 3.05) is 12.4 Å². The van der Waals surface area contributed by atoms with E-state index in [2.05, 4.69) is 50.5 Å². The van der Waals surface area contributed by atoms with Crippen LogP contribution in [-0.4, -0.2) is 13.0 Å². The maximum absolute atomic E-state index is 12.5. The third-order valence-corrected chi connectivity index (χ3v) is 5.78. The molecule has 0 aliphatic carbocycles. The van der Waals surface area contributed by atoms with E-state index < -0.39 is 5.91 Å². The number of halogens is 2. The number of anilines is 1. The minimum atomic E-state index is -0.471. The first kappa shape index (κ1) is 23.1. The number of nitrogens with zero attached hydrogens (tertiary/aromatic N) is 1. The quantitative estimate of drug-likeness (QED) is 0.196. The van der Waals surface area contributed by atoms with Crippen LogP contribution in [0.15, 0.2) is 72.3 Å². The van der Waals surface area contributed by atoms with Crippen LogP contribution < -0.4 is 14.8 Å². The van der Waals surface area contributed by atoms with Gasteiger partial charge in [0.15, 0.2) is 11.5 Å². The first-order valence-electron chi connectivity index (χ1n) is 9.23. The molecule has 0 bridgehead atoms. The van der Waals surface area contributed by atoms with E-state index in [1.807, 2.05) is 54.6 Å². The van der Waals surface area contributed by atoms with Crippen LogP contribution in [-0.2, 0) is 11.4 Å². The summed E-state index contributed by atoms with van der Waals surface area (Å²) in [6.07, 6.45) is 1.53. The first-order chi connectivity index (χ1) is 15.0. The van der Waals surface area contributed by atoms with Crippen LogP contribution in [0.3, 0.4) is 0 Å². The van der Waals surface area contributed by atoms with Crippen molar-refractivity contribution in [3.63, 3.8) is 0 Å². The number of hydrogen-bond acceptors (Lipinski definition) is 4. The molecule has 0 aliphatic rings. The van der Waals surface area contributed by atoms with Crippen molar-refractivity contribution in [2.45, 2.75) is 6.61 Å². The highest BCUT2D eigenvalue weighted by atomic mass is 127. The topological polar surface area (TPSA) is 71.3 Å². The second-order valence-electron chi connectivity index (χ2n) is 6.44. The summed E-state index contributed by atoms with van der Waals surface area (Å²) in [5, 5.41) is 12.2. The van der Waals surface area contributed by atoms with Crippen molar-refractivity contribution in [1.29, 1.82) is 5.26 Å². The zero-order valence-electron chi connectivity index (χ0n) is 16.6. The van der Waals surface area contributed by atoms with Crippen molar-refractivity contribution >= 4 is 62.9 Å². The van der Waals surface area contributed by atoms with Gasteiger partial charge in [0.1, 0.15) is 18.2 Å². The van der Waals surface area contributed by atoms with Crippen molar-refractivity contribution in [1.82, 2.24) is 0 Å². The molecular formula is C24H18I2N2O3. The fourth-order valence-corrected chi connectivity index (χ4v) is 3.88. The summed E-state index contributed by atoms with van der Waals surface area (Å²) >= 11 is 4.42. The number of ether oxygens (including phenoxy) is 2. The Labute approximate surface area is 208 Å². The standard InChI is InChI=1S/C24H18I2N2O3/c1-30-22-13-17(11-18(14-27)24(29)28-20-5-3-2-4-6-20)12-21(26)23(22)31-15-16-7-9-19(25)10-8-16/h2-13H,15H2,1H3,(H,28,29)/b18-11-. The maximum atomic E-state index is 12.5. The Bertz CT molecular complexity index is 1140. The van der Waals surface area contributed by atoms with Crippen LogP contribution in [0.2, 0.25) is 0 Å². The summed E-state index contributed by atoms with van der Waals surface area (Å²) in [6, 6.07) is 22.7. The fraction of sp³-hybridized carbons (Fsp3) is 0.0833. The molecule has 1 N–H and O–H groups in total. The van der Waals surface area contributed by atoms with Gasteiger partial charge in [-0.15, -0.1) is 0 Å². The number of hydrogen-bond donors (Lipinski definition) is 1. The SMILES string of the molecule is COc1cc(/C=C(/C#N)C(=O)Nc2ccccc2)cc(I)c1OCc1ccc(I)cc1. The van der Waals surface area contributed by atoms with E-state index in [9.17, 15) is 10.1 Å². The van der Waals surface area contributed by atoms with Gasteiger partial charge in [0.25, 0.3) is 5.91 Å². The Kier molecular flexibility index (Phi) is 8.31. The zero-order chi connectivity index (χ0) is 22.2. The molecule has 156 valence electrons. The van der Waals surface area contributed by atoms with Crippen LogP contribution in [0.25, 0.3) is 6.08 Å². The van der Waals surface area contributed by atoms with Gasteiger partial charge in [0.2, 0.25) is 0 Å². The maximum Gasteiger partial charge on any atom is 0.266 e. The van der Waals surface area contributed by atoms with Crippen molar-refractivity contribution in [2.24, 2.45) is 0 Å². The van der Waals surface area contributed by atoms with Gasteiger partial charge < -0.3 is 14.8 Å². The molecule has 3 rings (SSSR count). The van der Waals surface area contributed by atoms with Crippen LogP contribution in [0.1, 0.15) is 11.1 Å². The number of nitrogens with one attached hydrogen (secondary N) is 1. The molecule has 0 fully saturated rings. The lowest BCUT2D eigenvalue weighted by Crippen LogP contribution is -2.13. The molecule has 1 amide bonds. The largest absolute Gasteiger partial charge is 0.493 e. The number of methoxy groups -OCH3 is 1. The molecule has 0 aliphatic heterocycles. The summed E-state index contributed by atoms with van der Waals surface area (Å²) in [7, 11) is 1.56. The summed E-state index contributed by atoms with van der Waals surface area (Å²) in [6.45, 7) is 0.404. The van der Waals surface area contributed by atoms with Crippen LogP contribution >= 0.6 is 45.2 Å². The third-order valence-electron chi connectivity index (χ3n) is 4.26. The molecule has 0 heterocycles. The summed E-state index contributed by atoms with van der Waals surface area (Å²) in [4.78, 5) is 12.5. The molecule has 0 radical (unpaired) electrons. The second kappa shape index (κ2) is 11.2. The van der Waals surface area contributed by atoms with Crippen LogP contribution in [0.5, 0.6) is 11.5 Å². The Morgan fingerprint density at radius 3 is 2.45 bits per heavy atom. The second-order valence-corrected chi connectivity index (χ2v) is 8.85. The van der Waals surface area contributed by atoms with Crippen molar-refractivity contribution in [3.05, 3.63) is 90.6 Å². The van der Waals surface area contributed by atoms with E-state index in [-0.39, 0.29) is 5.57 Å². The van der Waals surface area contributed by atoms with Crippen molar-refractivity contribution in [3.8, 4) is 17.6 Å². The minimum absolute atomic E-state index is 0.00531. The number of amides is 1. The summed E-state index contributed by atoms with van der Waals surface area (Å²) < 4.78 is 13.5. The molecule has 0 atom stereocenters. The van der Waals surface area contributed by atoms with Gasteiger partial charge >= 0.3 is 0 Å². The number of carbonyl (C=O) groups excluding carboxylic acids is 1. The number of para-hydroxylation sites is 1. The molecule has 0 spiro atoms. The van der Waals surface area contributed by atoms with Gasteiger partial charge in [-0.05, 0) is 98.8 Å². The zero-order valence-corrected chi connectivity index (χ0v) is 20.9. The van der Waals surface area contributed by atoms with E-state index >= 15 is 0 Å². The predicted octanol–water partition coefficient (Wildman–Crippen LogP) is 6.03. The van der Waals surface area contributed by atoms with Gasteiger partial charge in [-0.2, -0.15) is 5.26 Å². The average Bonchev–Trinajstić information content (AvgIpc) is 2.78. The molecule has 3 aromatic carbocycles. The molecule has 0 saturated heterocycles. The third kappa shape index (κ3) is 6.45. The Morgan fingerprint density at radius 1 is 1.10 bits per heavy atom. The minimum Gasteiger partial charge on any atom is -0.493 e. The lowest BCUT2D eigenvalue weighted by molar-refractivity contribution is -0.112. The molecule has 0 aromatic heterocycles. The molecule has 31 heavy (non-hydrogen) atoms. The van der Waals surface area contributed by atoms with Crippen LogP contribution in [0, 0.1) is 18.5 Å². The predicted molar refractivity (Wildman–Crippen MR) is 138 cm³/mol. The highest BCUT2D eigenvalue weighted by molar-refractivity contribution is 14.1. The van der Waals surface area contributed by atoms with E-state index in [1.54, 1.807) is 25.3 Å². The van der Waals surface area contributed by atoms with Crippen molar-refractivity contribution < 1.29 is 14.3 Å². The van der Waals surface area contributed by atoms with E-state index in [1.165, 1.54) is 6.08 Å². The van der Waals surface area contributed by atoms with E-state index in [4.69, 9.17) is 9.47 Å². The monoisotopic (exact) mass is 636 g/mol. The van der Waals surface area contributed by atoms with Gasteiger partial charge in [0.05, 0.1) is 10.7 Å². The normalized spacial score (nSPS) is 10.8. The number of rotatable bonds is 7. The molecule has 0 unspecified atom stereocenters. The van der Waals surface area contributed by atoms with Gasteiger partial charge in [-0.3, -0.25) is 4.79 Å². The lowest BCUT2D eigenvalue weighted by atomic mass is 10.1. The van der Waals surface area contributed by atoms with E-state index in [0.717, 1.165) is 12.7 Å². The Balaban J connectivity index is 1.81. The molecule has 7 heteroatoms. The highest BCUT2D eigenvalue weighted by Gasteiger charge is 2.14. The molecule has 5 nitrogen and oxygen atoms in total. The molecule has 0 saturated carbocycles. The molecule has 3 aromatic rings. The number of carbonyl (C=O) groups is 1. The highest BCUT2D eigenvalue weighted by Crippen LogP contribution is 2.35. The lowest BCUT2D eigenvalue weighted by Gasteiger charge is -2.14. The fourth-order valence-electron chi connectivity index (χ4n) is 2.73. The van der Waals surface area contributed by atoms with Gasteiger partial charge in [0, 0.05) is 9.26 Å². The Morgan fingerprint density at radius 2 is 1.81 bits per heavy atom. The Hall–Kier alpha value is -2.58. The number of benzene rings is 3.